The molecule has 5 nitrogen and oxygen atoms in total. The van der Waals surface area contributed by atoms with Crippen LogP contribution in [0.15, 0.2) is 54.9 Å². The van der Waals surface area contributed by atoms with Crippen molar-refractivity contribution >= 4 is 11.4 Å². The predicted molar refractivity (Wildman–Crippen MR) is 97.6 cm³/mol. The van der Waals surface area contributed by atoms with Crippen LogP contribution in [0.4, 0.5) is 0 Å². The second-order valence-corrected chi connectivity index (χ2v) is 6.58. The number of aryl methyl sites for hydroxylation is 1. The number of hydrogen-bond donors (Lipinski definition) is 0. The van der Waals surface area contributed by atoms with Gasteiger partial charge in [-0.1, -0.05) is 30.3 Å². The first-order valence-corrected chi connectivity index (χ1v) is 8.71. The van der Waals surface area contributed by atoms with Gasteiger partial charge >= 0.3 is 0 Å². The third-order valence-corrected chi connectivity index (χ3v) is 4.97. The number of carbonyl (C=O) groups excluding carboxylic acids is 1. The molecule has 3 aromatic rings. The standard InChI is InChI=1S/C20H22N4O/c1-16-6-2-3-7-17(16)15-22-10-12-23(13-11-22)20(25)18-14-21-24-9-5-4-8-19(18)24/h2-9,14H,10-13,15H2,1H3. The van der Waals surface area contributed by atoms with Gasteiger partial charge < -0.3 is 4.90 Å². The minimum Gasteiger partial charge on any atom is -0.336 e. The number of rotatable bonds is 3. The highest BCUT2D eigenvalue weighted by Crippen LogP contribution is 2.16. The highest BCUT2D eigenvalue weighted by atomic mass is 16.2. The molecule has 0 unspecified atom stereocenters. The summed E-state index contributed by atoms with van der Waals surface area (Å²) >= 11 is 0. The van der Waals surface area contributed by atoms with E-state index in [2.05, 4.69) is 41.2 Å². The number of pyridine rings is 1. The molecule has 3 heterocycles. The summed E-state index contributed by atoms with van der Waals surface area (Å²) in [4.78, 5) is 17.2. The molecule has 0 saturated carbocycles. The summed E-state index contributed by atoms with van der Waals surface area (Å²) in [5.74, 6) is 0.0803. The molecular weight excluding hydrogens is 312 g/mol. The minimum absolute atomic E-state index is 0.0803. The summed E-state index contributed by atoms with van der Waals surface area (Å²) in [6.45, 7) is 6.42. The average Bonchev–Trinajstić information content (AvgIpc) is 3.08. The lowest BCUT2D eigenvalue weighted by Gasteiger charge is -2.34. The molecule has 0 spiro atoms. The Kier molecular flexibility index (Phi) is 4.24. The van der Waals surface area contributed by atoms with Crippen molar-refractivity contribution < 1.29 is 4.79 Å². The SMILES string of the molecule is Cc1ccccc1CN1CCN(C(=O)c2cnn3ccccc23)CC1. The number of nitrogens with zero attached hydrogens (tertiary/aromatic N) is 4. The van der Waals surface area contributed by atoms with E-state index in [0.717, 1.165) is 38.2 Å². The molecule has 1 saturated heterocycles. The first-order valence-electron chi connectivity index (χ1n) is 8.71. The summed E-state index contributed by atoms with van der Waals surface area (Å²) in [6, 6.07) is 14.3. The fourth-order valence-electron chi connectivity index (χ4n) is 3.41. The van der Waals surface area contributed by atoms with Gasteiger partial charge in [0.25, 0.3) is 5.91 Å². The van der Waals surface area contributed by atoms with Crippen molar-refractivity contribution in [2.24, 2.45) is 0 Å². The second kappa shape index (κ2) is 6.69. The van der Waals surface area contributed by atoms with Crippen molar-refractivity contribution in [2.75, 3.05) is 26.2 Å². The Morgan fingerprint density at radius 3 is 2.60 bits per heavy atom. The first kappa shape index (κ1) is 15.8. The van der Waals surface area contributed by atoms with Gasteiger partial charge in [-0.2, -0.15) is 5.10 Å². The summed E-state index contributed by atoms with van der Waals surface area (Å²) in [7, 11) is 0. The van der Waals surface area contributed by atoms with Crippen molar-refractivity contribution in [1.82, 2.24) is 19.4 Å². The van der Waals surface area contributed by atoms with E-state index in [1.165, 1.54) is 11.1 Å². The van der Waals surface area contributed by atoms with Crippen LogP contribution in [-0.2, 0) is 6.54 Å². The largest absolute Gasteiger partial charge is 0.336 e. The molecule has 128 valence electrons. The molecule has 0 radical (unpaired) electrons. The zero-order valence-corrected chi connectivity index (χ0v) is 14.4. The van der Waals surface area contributed by atoms with Crippen molar-refractivity contribution in [2.45, 2.75) is 13.5 Å². The van der Waals surface area contributed by atoms with Gasteiger partial charge in [0.1, 0.15) is 0 Å². The number of amides is 1. The lowest BCUT2D eigenvalue weighted by molar-refractivity contribution is 0.0630. The molecule has 0 N–H and O–H groups in total. The van der Waals surface area contributed by atoms with E-state index < -0.39 is 0 Å². The van der Waals surface area contributed by atoms with Crippen LogP contribution in [0.25, 0.3) is 5.52 Å². The van der Waals surface area contributed by atoms with Crippen LogP contribution in [0.5, 0.6) is 0 Å². The number of carbonyl (C=O) groups is 1. The van der Waals surface area contributed by atoms with Gasteiger partial charge in [0.2, 0.25) is 0 Å². The van der Waals surface area contributed by atoms with Crippen LogP contribution in [-0.4, -0.2) is 51.5 Å². The number of piperazine rings is 1. The maximum atomic E-state index is 12.8. The molecule has 2 aromatic heterocycles. The number of hydrogen-bond acceptors (Lipinski definition) is 3. The second-order valence-electron chi connectivity index (χ2n) is 6.58. The van der Waals surface area contributed by atoms with E-state index in [0.29, 0.717) is 5.56 Å². The Hall–Kier alpha value is -2.66. The Balaban J connectivity index is 1.42. The van der Waals surface area contributed by atoms with Crippen molar-refractivity contribution in [3.63, 3.8) is 0 Å². The zero-order valence-electron chi connectivity index (χ0n) is 14.4. The molecule has 0 aliphatic carbocycles. The molecule has 0 atom stereocenters. The fourth-order valence-corrected chi connectivity index (χ4v) is 3.41. The van der Waals surface area contributed by atoms with Crippen molar-refractivity contribution in [3.8, 4) is 0 Å². The Morgan fingerprint density at radius 1 is 1.04 bits per heavy atom. The molecule has 1 amide bonds. The Morgan fingerprint density at radius 2 is 1.80 bits per heavy atom. The van der Waals surface area contributed by atoms with Gasteiger partial charge in [0, 0.05) is 38.9 Å². The van der Waals surface area contributed by atoms with Crippen LogP contribution in [0.2, 0.25) is 0 Å². The van der Waals surface area contributed by atoms with E-state index in [4.69, 9.17) is 0 Å². The quantitative estimate of drug-likeness (QED) is 0.739. The maximum absolute atomic E-state index is 12.8. The molecule has 1 aromatic carbocycles. The summed E-state index contributed by atoms with van der Waals surface area (Å²) in [6.07, 6.45) is 3.55. The highest BCUT2D eigenvalue weighted by molar-refractivity contribution is 6.00. The molecule has 1 aliphatic heterocycles. The Bertz CT molecular complexity index is 893. The third kappa shape index (κ3) is 3.15. The average molecular weight is 334 g/mol. The van der Waals surface area contributed by atoms with Gasteiger partial charge in [-0.05, 0) is 30.2 Å². The van der Waals surface area contributed by atoms with Gasteiger partial charge in [0.15, 0.2) is 0 Å². The van der Waals surface area contributed by atoms with Gasteiger partial charge in [-0.15, -0.1) is 0 Å². The minimum atomic E-state index is 0.0803. The molecular formula is C20H22N4O. The summed E-state index contributed by atoms with van der Waals surface area (Å²) < 4.78 is 1.75. The van der Waals surface area contributed by atoms with Gasteiger partial charge in [-0.3, -0.25) is 9.69 Å². The van der Waals surface area contributed by atoms with Gasteiger partial charge in [-0.25, -0.2) is 4.52 Å². The lowest BCUT2D eigenvalue weighted by Crippen LogP contribution is -2.48. The van der Waals surface area contributed by atoms with Crippen LogP contribution in [0, 0.1) is 6.92 Å². The molecule has 25 heavy (non-hydrogen) atoms. The van der Waals surface area contributed by atoms with E-state index in [1.54, 1.807) is 10.7 Å². The molecule has 1 fully saturated rings. The number of fused-ring (bicyclic) bond motifs is 1. The van der Waals surface area contributed by atoms with E-state index in [-0.39, 0.29) is 5.91 Å². The number of aromatic nitrogens is 2. The lowest BCUT2D eigenvalue weighted by atomic mass is 10.1. The summed E-state index contributed by atoms with van der Waals surface area (Å²) in [5, 5.41) is 4.27. The maximum Gasteiger partial charge on any atom is 0.257 e. The topological polar surface area (TPSA) is 40.8 Å². The van der Waals surface area contributed by atoms with Crippen LogP contribution in [0.1, 0.15) is 21.5 Å². The summed E-state index contributed by atoms with van der Waals surface area (Å²) in [5.41, 5.74) is 4.25. The zero-order chi connectivity index (χ0) is 17.2. The number of benzene rings is 1. The highest BCUT2D eigenvalue weighted by Gasteiger charge is 2.24. The van der Waals surface area contributed by atoms with Crippen LogP contribution < -0.4 is 0 Å². The first-order chi connectivity index (χ1) is 12.2. The Labute approximate surface area is 147 Å². The predicted octanol–water partition coefficient (Wildman–Crippen LogP) is 2.60. The molecule has 4 rings (SSSR count). The van der Waals surface area contributed by atoms with Crippen LogP contribution >= 0.6 is 0 Å². The molecule has 0 bridgehead atoms. The third-order valence-electron chi connectivity index (χ3n) is 4.97. The van der Waals surface area contributed by atoms with E-state index >= 15 is 0 Å². The fraction of sp³-hybridized carbons (Fsp3) is 0.300. The smallest absolute Gasteiger partial charge is 0.257 e. The molecule has 5 heteroatoms. The van der Waals surface area contributed by atoms with Crippen molar-refractivity contribution in [1.29, 1.82) is 0 Å². The monoisotopic (exact) mass is 334 g/mol. The normalized spacial score (nSPS) is 15.6. The van der Waals surface area contributed by atoms with Crippen molar-refractivity contribution in [3.05, 3.63) is 71.5 Å². The van der Waals surface area contributed by atoms with E-state index in [1.807, 2.05) is 29.3 Å². The van der Waals surface area contributed by atoms with Crippen LogP contribution in [0.3, 0.4) is 0 Å². The molecule has 1 aliphatic rings. The van der Waals surface area contributed by atoms with Gasteiger partial charge in [0.05, 0.1) is 17.3 Å². The van der Waals surface area contributed by atoms with E-state index in [9.17, 15) is 4.79 Å².